The molecule has 3 N–H and O–H groups in total. The van der Waals surface area contributed by atoms with Gasteiger partial charge in [-0.1, -0.05) is 73.1 Å². The fraction of sp³-hybridized carbons (Fsp3) is 0.400. The molecule has 6 heteroatoms. The molecule has 2 aliphatic rings. The first-order valence-corrected chi connectivity index (χ1v) is 10.6. The Bertz CT molecular complexity index is 754. The lowest BCUT2D eigenvalue weighted by molar-refractivity contribution is -0.118. The molecule has 0 saturated heterocycles. The van der Waals surface area contributed by atoms with Crippen molar-refractivity contribution >= 4 is 44.4 Å². The summed E-state index contributed by atoms with van der Waals surface area (Å²) < 4.78 is 1.10. The Labute approximate surface area is 168 Å². The minimum Gasteiger partial charge on any atom is -0.366 e. The summed E-state index contributed by atoms with van der Waals surface area (Å²) in [5.74, 6) is -0.668. The van der Waals surface area contributed by atoms with Crippen LogP contribution in [0.1, 0.15) is 58.6 Å². The van der Waals surface area contributed by atoms with Gasteiger partial charge in [-0.3, -0.25) is 9.59 Å². The third kappa shape index (κ3) is 5.01. The molecule has 1 aliphatic heterocycles. The van der Waals surface area contributed by atoms with E-state index >= 15 is 0 Å². The van der Waals surface area contributed by atoms with Gasteiger partial charge in [0.05, 0.1) is 10.6 Å². The van der Waals surface area contributed by atoms with Crippen molar-refractivity contribution in [2.24, 2.45) is 5.73 Å². The topological polar surface area (TPSA) is 72.2 Å². The molecule has 142 valence electrons. The van der Waals surface area contributed by atoms with Gasteiger partial charge >= 0.3 is 0 Å². The number of benzene rings is 1. The van der Waals surface area contributed by atoms with E-state index in [0.29, 0.717) is 17.0 Å². The predicted octanol–water partition coefficient (Wildman–Crippen LogP) is 5.13. The van der Waals surface area contributed by atoms with E-state index in [4.69, 9.17) is 5.73 Å². The maximum absolute atomic E-state index is 11.7. The molecule has 3 rings (SSSR count). The highest BCUT2D eigenvalue weighted by atomic mass is 79.9. The summed E-state index contributed by atoms with van der Waals surface area (Å²) in [6.45, 7) is 9.43. The van der Waals surface area contributed by atoms with E-state index in [1.807, 2.05) is 39.8 Å². The lowest BCUT2D eigenvalue weighted by atomic mass is 9.88. The number of hydrogen-bond acceptors (Lipinski definition) is 3. The minimum absolute atomic E-state index is 0.199. The van der Waals surface area contributed by atoms with Crippen molar-refractivity contribution in [2.45, 2.75) is 53.9 Å². The molecule has 1 aromatic rings. The van der Waals surface area contributed by atoms with Crippen molar-refractivity contribution in [3.63, 3.8) is 0 Å². The van der Waals surface area contributed by atoms with Gasteiger partial charge in [0, 0.05) is 22.7 Å². The molecule has 1 aromatic carbocycles. The molecule has 2 amide bonds. The van der Waals surface area contributed by atoms with Crippen LogP contribution in [-0.4, -0.2) is 11.8 Å². The van der Waals surface area contributed by atoms with Crippen LogP contribution in [0.3, 0.4) is 0 Å². The number of primary amides is 1. The Hall–Kier alpha value is -1.53. The smallest absolute Gasteiger partial charge is 0.247 e. The summed E-state index contributed by atoms with van der Waals surface area (Å²) >= 11 is 5.04. The van der Waals surface area contributed by atoms with E-state index in [2.05, 4.69) is 27.3 Å². The molecule has 1 aliphatic carbocycles. The van der Waals surface area contributed by atoms with E-state index in [9.17, 15) is 9.59 Å². The van der Waals surface area contributed by atoms with Crippen molar-refractivity contribution in [2.75, 3.05) is 0 Å². The van der Waals surface area contributed by atoms with Gasteiger partial charge in [-0.05, 0) is 30.0 Å². The normalized spacial score (nSPS) is 14.8. The number of halogens is 1. The van der Waals surface area contributed by atoms with Crippen molar-refractivity contribution in [3.05, 3.63) is 50.0 Å². The Morgan fingerprint density at radius 2 is 1.81 bits per heavy atom. The van der Waals surface area contributed by atoms with E-state index in [1.165, 1.54) is 35.4 Å². The monoisotopic (exact) mass is 438 g/mol. The maximum atomic E-state index is 11.7. The molecule has 26 heavy (non-hydrogen) atoms. The number of rotatable bonds is 2. The number of thioether (sulfide) groups is 1. The van der Waals surface area contributed by atoms with Gasteiger partial charge in [0.1, 0.15) is 0 Å². The van der Waals surface area contributed by atoms with Crippen LogP contribution in [0.4, 0.5) is 0 Å². The van der Waals surface area contributed by atoms with E-state index < -0.39 is 5.91 Å². The van der Waals surface area contributed by atoms with Crippen LogP contribution < -0.4 is 11.1 Å². The highest BCUT2D eigenvalue weighted by Crippen LogP contribution is 2.49. The standard InChI is InChI=1S/C16H15BrN2O2S.2C2H6/c1-8(20)19-16-12(15(18)21)7-9-5-6-10-11(14(9)22-16)3-2-4-13(10)17;2*1-2/h2-4H,5-7H2,1H3,(H2,18,21)(H,19,20);2*1-2H3. The van der Waals surface area contributed by atoms with Crippen molar-refractivity contribution in [1.82, 2.24) is 5.32 Å². The number of carbonyl (C=O) groups excluding carboxylic acids is 2. The average Bonchev–Trinajstić information content (AvgIpc) is 2.64. The van der Waals surface area contributed by atoms with E-state index in [0.717, 1.165) is 22.2 Å². The molecule has 0 spiro atoms. The highest BCUT2D eigenvalue weighted by molar-refractivity contribution is 9.10. The summed E-state index contributed by atoms with van der Waals surface area (Å²) in [6.07, 6.45) is 2.36. The molecule has 0 radical (unpaired) electrons. The maximum Gasteiger partial charge on any atom is 0.247 e. The number of hydrogen-bond donors (Lipinski definition) is 2. The Morgan fingerprint density at radius 3 is 2.38 bits per heavy atom. The summed E-state index contributed by atoms with van der Waals surface area (Å²) in [4.78, 5) is 24.2. The molecule has 0 atom stereocenters. The van der Waals surface area contributed by atoms with Crippen molar-refractivity contribution < 1.29 is 9.59 Å². The second kappa shape index (κ2) is 10.6. The number of nitrogens with two attached hydrogens (primary N) is 1. The summed E-state index contributed by atoms with van der Waals surface area (Å²) in [7, 11) is 0. The summed E-state index contributed by atoms with van der Waals surface area (Å²) in [5, 5.41) is 3.31. The van der Waals surface area contributed by atoms with E-state index in [-0.39, 0.29) is 5.91 Å². The number of carbonyl (C=O) groups is 2. The van der Waals surface area contributed by atoms with Gasteiger partial charge in [-0.2, -0.15) is 0 Å². The highest BCUT2D eigenvalue weighted by Gasteiger charge is 2.29. The molecule has 4 nitrogen and oxygen atoms in total. The van der Waals surface area contributed by atoms with Crippen LogP contribution >= 0.6 is 27.7 Å². The largest absolute Gasteiger partial charge is 0.366 e. The molecular weight excluding hydrogens is 412 g/mol. The van der Waals surface area contributed by atoms with Crippen molar-refractivity contribution in [3.8, 4) is 0 Å². The predicted molar refractivity (Wildman–Crippen MR) is 114 cm³/mol. The van der Waals surface area contributed by atoms with Gasteiger partial charge in [0.15, 0.2) is 0 Å². The van der Waals surface area contributed by atoms with Crippen LogP contribution in [0.25, 0.3) is 4.91 Å². The van der Waals surface area contributed by atoms with Gasteiger partial charge in [0.2, 0.25) is 11.8 Å². The number of fused-ring (bicyclic) bond motifs is 2. The zero-order valence-electron chi connectivity index (χ0n) is 16.0. The SMILES string of the molecule is CC.CC.CC(=O)NC1=C(C(N)=O)CC2=C(S1)c1cccc(Br)c1CC2. The van der Waals surface area contributed by atoms with Crippen molar-refractivity contribution in [1.29, 1.82) is 0 Å². The first-order valence-electron chi connectivity index (χ1n) is 8.95. The number of nitrogens with one attached hydrogen (secondary N) is 1. The molecule has 0 fully saturated rings. The van der Waals surface area contributed by atoms with Gasteiger partial charge < -0.3 is 11.1 Å². The quantitative estimate of drug-likeness (QED) is 0.671. The fourth-order valence-electron chi connectivity index (χ4n) is 2.82. The lowest BCUT2D eigenvalue weighted by Crippen LogP contribution is -2.27. The second-order valence-electron chi connectivity index (χ2n) is 5.33. The first kappa shape index (κ1) is 22.5. The van der Waals surface area contributed by atoms with Crippen LogP contribution in [0, 0.1) is 0 Å². The third-order valence-electron chi connectivity index (χ3n) is 3.82. The van der Waals surface area contributed by atoms with Gasteiger partial charge in [-0.25, -0.2) is 0 Å². The Morgan fingerprint density at radius 1 is 1.15 bits per heavy atom. The Kier molecular flexibility index (Phi) is 9.16. The number of amides is 2. The molecule has 1 heterocycles. The zero-order chi connectivity index (χ0) is 19.9. The third-order valence-corrected chi connectivity index (χ3v) is 5.82. The molecule has 0 aromatic heterocycles. The first-order chi connectivity index (χ1) is 12.5. The minimum atomic E-state index is -0.470. The molecule has 0 bridgehead atoms. The zero-order valence-corrected chi connectivity index (χ0v) is 18.4. The lowest BCUT2D eigenvalue weighted by Gasteiger charge is -2.29. The second-order valence-corrected chi connectivity index (χ2v) is 7.21. The Balaban J connectivity index is 0.000000791. The fourth-order valence-corrected chi connectivity index (χ4v) is 4.70. The average molecular weight is 439 g/mol. The van der Waals surface area contributed by atoms with Gasteiger partial charge in [-0.15, -0.1) is 0 Å². The van der Waals surface area contributed by atoms with Gasteiger partial charge in [0.25, 0.3) is 0 Å². The molecular formula is C20H27BrN2O2S. The van der Waals surface area contributed by atoms with Crippen LogP contribution in [0.15, 0.2) is 38.8 Å². The molecule has 0 unspecified atom stereocenters. The van der Waals surface area contributed by atoms with E-state index in [1.54, 1.807) is 0 Å². The summed E-state index contributed by atoms with van der Waals surface area (Å²) in [6, 6.07) is 6.13. The summed E-state index contributed by atoms with van der Waals surface area (Å²) in [5.41, 5.74) is 9.65. The van der Waals surface area contributed by atoms with Crippen LogP contribution in [0.2, 0.25) is 0 Å². The molecule has 0 saturated carbocycles. The van der Waals surface area contributed by atoms with Crippen LogP contribution in [0.5, 0.6) is 0 Å². The number of allylic oxidation sites excluding steroid dienone is 1. The van der Waals surface area contributed by atoms with Crippen LogP contribution in [-0.2, 0) is 16.0 Å².